The van der Waals surface area contributed by atoms with Crippen LogP contribution in [0.4, 0.5) is 4.79 Å². The summed E-state index contributed by atoms with van der Waals surface area (Å²) in [5.74, 6) is 1.99. The minimum atomic E-state index is -1.25. The number of benzene rings is 1. The van der Waals surface area contributed by atoms with E-state index < -0.39 is 17.1 Å². The van der Waals surface area contributed by atoms with E-state index in [1.807, 2.05) is 12.1 Å². The van der Waals surface area contributed by atoms with E-state index in [-0.39, 0.29) is 27.8 Å². The van der Waals surface area contributed by atoms with Crippen LogP contribution in [0, 0.1) is 45.8 Å². The zero-order valence-electron chi connectivity index (χ0n) is 28.8. The van der Waals surface area contributed by atoms with E-state index in [2.05, 4.69) is 49.1 Å². The standard InChI is InChI=1S/C37H56N4O4S/c1-24-27(25-9-11-26(12-10-25)32(42)43)15-18-34(2)28(24)16-19-36(4)31(34)14-13-29-30-8-7-17-37(30,21-20-35(29,36)3)40-33(44)38-22-23-39-46(45)41(5)6/h9-12,15,24,28-31,39H,7-8,13-14,16-23H2,1-6H3,(H,42,43)(H2,38,40,44)/t24?,28?,29?,30?,31?,34-,35+,36?,37?,46?/m0/s1. The first-order chi connectivity index (χ1) is 21.8. The molecule has 6 rings (SSSR count). The first-order valence-corrected chi connectivity index (χ1v) is 18.8. The summed E-state index contributed by atoms with van der Waals surface area (Å²) in [6.07, 6.45) is 14.3. The monoisotopic (exact) mass is 652 g/mol. The molecule has 0 saturated heterocycles. The molecule has 8 nitrogen and oxygen atoms in total. The summed E-state index contributed by atoms with van der Waals surface area (Å²) in [7, 11) is 3.52. The maximum absolute atomic E-state index is 13.2. The lowest BCUT2D eigenvalue weighted by molar-refractivity contribution is -0.210. The fraction of sp³-hybridized carbons (Fsp3) is 0.730. The number of fused-ring (bicyclic) bond motifs is 7. The van der Waals surface area contributed by atoms with Crippen molar-refractivity contribution >= 4 is 28.7 Å². The Kier molecular flexibility index (Phi) is 9.03. The van der Waals surface area contributed by atoms with E-state index in [0.29, 0.717) is 48.2 Å². The van der Waals surface area contributed by atoms with Crippen LogP contribution in [0.15, 0.2) is 30.3 Å². The van der Waals surface area contributed by atoms with Crippen molar-refractivity contribution in [1.29, 1.82) is 0 Å². The van der Waals surface area contributed by atoms with Gasteiger partial charge in [-0.25, -0.2) is 22.8 Å². The SMILES string of the molecule is CC1C(c2ccc(C(=O)O)cc2)=CC[C@@]2(C)C1CCC1(C)C2CCC2C3CCCC3(NC(=O)NCCNS(=O)N(C)C)CC[C@]21C. The number of hydrogen-bond acceptors (Lipinski definition) is 3. The average molecular weight is 653 g/mol. The van der Waals surface area contributed by atoms with E-state index in [9.17, 15) is 18.9 Å². The number of allylic oxidation sites excluding steroid dienone is 2. The van der Waals surface area contributed by atoms with Gasteiger partial charge in [0, 0.05) is 32.7 Å². The molecule has 5 aliphatic rings. The smallest absolute Gasteiger partial charge is 0.335 e. The average Bonchev–Trinajstić information content (AvgIpc) is 3.43. The number of nitrogens with one attached hydrogen (secondary N) is 3. The Morgan fingerprint density at radius 2 is 1.65 bits per heavy atom. The zero-order chi connectivity index (χ0) is 33.1. The van der Waals surface area contributed by atoms with Gasteiger partial charge in [0.25, 0.3) is 0 Å². The molecule has 5 aliphatic carbocycles. The van der Waals surface area contributed by atoms with E-state index in [4.69, 9.17) is 0 Å². The molecule has 8 unspecified atom stereocenters. The highest BCUT2D eigenvalue weighted by molar-refractivity contribution is 7.80. The van der Waals surface area contributed by atoms with Gasteiger partial charge in [-0.15, -0.1) is 0 Å². The van der Waals surface area contributed by atoms with Crippen LogP contribution in [0.3, 0.4) is 0 Å². The molecular formula is C37H56N4O4S. The topological polar surface area (TPSA) is 111 Å². The van der Waals surface area contributed by atoms with Gasteiger partial charge in [0.15, 0.2) is 11.2 Å². The van der Waals surface area contributed by atoms with E-state index in [0.717, 1.165) is 25.7 Å². The highest BCUT2D eigenvalue weighted by Crippen LogP contribution is 2.75. The van der Waals surface area contributed by atoms with E-state index in [1.165, 1.54) is 49.7 Å². The highest BCUT2D eigenvalue weighted by Gasteiger charge is 2.68. The first-order valence-electron chi connectivity index (χ1n) is 17.7. The second kappa shape index (κ2) is 12.3. The van der Waals surface area contributed by atoms with Crippen molar-refractivity contribution in [2.45, 2.75) is 97.4 Å². The highest BCUT2D eigenvalue weighted by atomic mass is 32.2. The van der Waals surface area contributed by atoms with Crippen LogP contribution in [0.1, 0.15) is 108 Å². The summed E-state index contributed by atoms with van der Waals surface area (Å²) in [5, 5.41) is 15.9. The summed E-state index contributed by atoms with van der Waals surface area (Å²) in [4.78, 5) is 24.6. The Morgan fingerprint density at radius 3 is 2.35 bits per heavy atom. The van der Waals surface area contributed by atoms with Crippen molar-refractivity contribution in [3.8, 4) is 0 Å². The van der Waals surface area contributed by atoms with Gasteiger partial charge in [0.1, 0.15) is 0 Å². The van der Waals surface area contributed by atoms with Crippen LogP contribution in [0.5, 0.6) is 0 Å². The maximum Gasteiger partial charge on any atom is 0.335 e. The summed E-state index contributed by atoms with van der Waals surface area (Å²) in [5.41, 5.74) is 3.55. The molecule has 0 bridgehead atoms. The van der Waals surface area contributed by atoms with E-state index in [1.54, 1.807) is 30.5 Å². The molecule has 9 heteroatoms. The number of carboxylic acid groups (broad SMARTS) is 1. The molecule has 1 aromatic carbocycles. The summed E-state index contributed by atoms with van der Waals surface area (Å²) in [6.45, 7) is 11.2. The number of hydrogen-bond donors (Lipinski definition) is 4. The number of carboxylic acids is 1. The van der Waals surface area contributed by atoms with E-state index >= 15 is 0 Å². The molecule has 0 radical (unpaired) electrons. The van der Waals surface area contributed by atoms with Crippen LogP contribution in [0.25, 0.3) is 5.57 Å². The summed E-state index contributed by atoms with van der Waals surface area (Å²) in [6, 6.07) is 7.41. The number of rotatable bonds is 8. The number of carbonyl (C=O) groups excluding carboxylic acids is 1. The Bertz CT molecular complexity index is 1400. The van der Waals surface area contributed by atoms with Crippen LogP contribution in [-0.2, 0) is 11.2 Å². The third-order valence-electron chi connectivity index (χ3n) is 14.4. The number of nitrogens with zero attached hydrogens (tertiary/aromatic N) is 1. The fourth-order valence-corrected chi connectivity index (χ4v) is 12.5. The van der Waals surface area contributed by atoms with Gasteiger partial charge >= 0.3 is 12.0 Å². The van der Waals surface area contributed by atoms with Crippen LogP contribution in [-0.4, -0.2) is 58.3 Å². The van der Waals surface area contributed by atoms with Gasteiger partial charge in [-0.3, -0.25) is 0 Å². The molecule has 4 saturated carbocycles. The first kappa shape index (κ1) is 33.7. The van der Waals surface area contributed by atoms with Gasteiger partial charge in [-0.1, -0.05) is 52.3 Å². The molecule has 1 aromatic rings. The van der Waals surface area contributed by atoms with Crippen LogP contribution < -0.4 is 15.4 Å². The van der Waals surface area contributed by atoms with Gasteiger partial charge in [-0.2, -0.15) is 0 Å². The van der Waals surface area contributed by atoms with Gasteiger partial charge in [0.2, 0.25) is 0 Å². The van der Waals surface area contributed by atoms with Crippen molar-refractivity contribution in [2.75, 3.05) is 27.2 Å². The molecule has 0 aromatic heterocycles. The molecule has 0 heterocycles. The zero-order valence-corrected chi connectivity index (χ0v) is 29.6. The second-order valence-corrected chi connectivity index (χ2v) is 17.8. The predicted molar refractivity (Wildman–Crippen MR) is 184 cm³/mol. The Labute approximate surface area is 278 Å². The van der Waals surface area contributed by atoms with Crippen molar-refractivity contribution in [2.24, 2.45) is 45.8 Å². The van der Waals surface area contributed by atoms with Crippen LogP contribution >= 0.6 is 0 Å². The molecule has 10 atom stereocenters. The number of carbonyl (C=O) groups is 2. The predicted octanol–water partition coefficient (Wildman–Crippen LogP) is 6.62. The second-order valence-electron chi connectivity index (χ2n) is 16.2. The Balaban J connectivity index is 1.18. The van der Waals surface area contributed by atoms with Gasteiger partial charge in [0.05, 0.1) is 5.56 Å². The lowest BCUT2D eigenvalue weighted by atomic mass is 9.34. The Morgan fingerprint density at radius 1 is 0.913 bits per heavy atom. The Hall–Kier alpha value is -2.23. The third kappa shape index (κ3) is 5.36. The minimum absolute atomic E-state index is 0.0859. The molecule has 0 spiro atoms. The quantitative estimate of drug-likeness (QED) is 0.237. The van der Waals surface area contributed by atoms with Crippen molar-refractivity contribution in [1.82, 2.24) is 19.7 Å². The molecule has 4 fully saturated rings. The van der Waals surface area contributed by atoms with Crippen molar-refractivity contribution < 1.29 is 18.9 Å². The number of urea groups is 1. The summed E-state index contributed by atoms with van der Waals surface area (Å²) >= 11 is -1.25. The molecule has 254 valence electrons. The molecule has 46 heavy (non-hydrogen) atoms. The van der Waals surface area contributed by atoms with Gasteiger partial charge < -0.3 is 15.7 Å². The number of aromatic carboxylic acids is 1. The lowest BCUT2D eigenvalue weighted by Gasteiger charge is -2.71. The number of amides is 2. The molecule has 0 aliphatic heterocycles. The fourth-order valence-electron chi connectivity index (χ4n) is 11.9. The summed E-state index contributed by atoms with van der Waals surface area (Å²) < 4.78 is 16.5. The third-order valence-corrected chi connectivity index (χ3v) is 15.5. The normalized spacial score (nSPS) is 40.5. The lowest BCUT2D eigenvalue weighted by Crippen LogP contribution is -2.67. The maximum atomic E-state index is 13.2. The van der Waals surface area contributed by atoms with Crippen molar-refractivity contribution in [3.63, 3.8) is 0 Å². The molecule has 4 N–H and O–H groups in total. The molecule has 2 amide bonds. The minimum Gasteiger partial charge on any atom is -0.478 e. The molecular weight excluding hydrogens is 596 g/mol. The van der Waals surface area contributed by atoms with Gasteiger partial charge in [-0.05, 0) is 127 Å². The van der Waals surface area contributed by atoms with Crippen molar-refractivity contribution in [3.05, 3.63) is 41.5 Å². The van der Waals surface area contributed by atoms with Crippen LogP contribution in [0.2, 0.25) is 0 Å². The largest absolute Gasteiger partial charge is 0.478 e.